The lowest BCUT2D eigenvalue weighted by Gasteiger charge is -2.51. The Kier molecular flexibility index (Phi) is 7.52. The second-order valence-electron chi connectivity index (χ2n) is 11.9. The molecule has 9 nitrogen and oxygen atoms in total. The number of phenolic OH excluding ortho intramolecular Hbond substituents is 1. The molecule has 13 heteroatoms. The monoisotopic (exact) mass is 771 g/mol. The lowest BCUT2D eigenvalue weighted by atomic mass is 9.49. The van der Waals surface area contributed by atoms with Crippen molar-refractivity contribution in [3.8, 4) is 11.5 Å². The number of nitrogens with zero attached hydrogens (tertiary/aromatic N) is 1. The summed E-state index contributed by atoms with van der Waals surface area (Å²) in [6, 6.07) is 13.6. The van der Waals surface area contributed by atoms with Crippen LogP contribution in [0.2, 0.25) is 5.02 Å². The van der Waals surface area contributed by atoms with Crippen LogP contribution < -0.4 is 15.5 Å². The molecule has 0 spiro atoms. The van der Waals surface area contributed by atoms with Crippen LogP contribution in [0.25, 0.3) is 0 Å². The molecule has 0 bridgehead atoms. The van der Waals surface area contributed by atoms with Gasteiger partial charge in [-0.15, -0.1) is 0 Å². The average Bonchev–Trinajstić information content (AvgIpc) is 3.45. The number of carbonyl (C=O) groups excluding carboxylic acids is 4. The molecule has 3 N–H and O–H groups in total. The van der Waals surface area contributed by atoms with Crippen molar-refractivity contribution in [3.05, 3.63) is 97.2 Å². The number of carbonyl (C=O) groups is 4. The number of nitrogens with one attached hydrogen (secondary N) is 2. The highest BCUT2D eigenvalue weighted by Crippen LogP contribution is 2.65. The zero-order valence-electron chi connectivity index (χ0n) is 24.0. The van der Waals surface area contributed by atoms with E-state index in [2.05, 4.69) is 42.6 Å². The van der Waals surface area contributed by atoms with E-state index < -0.39 is 58.5 Å². The van der Waals surface area contributed by atoms with Crippen molar-refractivity contribution in [1.82, 2.24) is 10.3 Å². The lowest BCUT2D eigenvalue weighted by molar-refractivity contribution is -0.138. The van der Waals surface area contributed by atoms with Crippen molar-refractivity contribution in [2.75, 3.05) is 12.5 Å². The number of imide groups is 2. The van der Waals surface area contributed by atoms with Crippen LogP contribution in [0.4, 0.5) is 10.1 Å². The van der Waals surface area contributed by atoms with Gasteiger partial charge in [0.1, 0.15) is 5.82 Å². The Labute approximate surface area is 284 Å². The number of hydrazine groups is 1. The Morgan fingerprint density at radius 2 is 1.72 bits per heavy atom. The van der Waals surface area contributed by atoms with Crippen LogP contribution in [0.1, 0.15) is 29.9 Å². The van der Waals surface area contributed by atoms with Crippen LogP contribution >= 0.6 is 43.5 Å². The number of hydrogen-bond acceptors (Lipinski definition) is 7. The molecule has 6 unspecified atom stereocenters. The number of fused-ring (bicyclic) bond motifs is 4. The largest absolute Gasteiger partial charge is 0.503 e. The number of ether oxygens (including phenoxy) is 1. The maximum absolute atomic E-state index is 15.1. The van der Waals surface area contributed by atoms with Gasteiger partial charge in [0.05, 0.1) is 40.4 Å². The van der Waals surface area contributed by atoms with Crippen molar-refractivity contribution in [2.24, 2.45) is 23.7 Å². The van der Waals surface area contributed by atoms with Crippen molar-refractivity contribution < 1.29 is 33.4 Å². The van der Waals surface area contributed by atoms with Gasteiger partial charge < -0.3 is 9.84 Å². The number of aromatic hydroxyl groups is 1. The number of anilines is 1. The van der Waals surface area contributed by atoms with E-state index >= 15 is 4.79 Å². The molecule has 7 rings (SSSR count). The fraction of sp³-hybridized carbons (Fsp3) is 0.273. The summed E-state index contributed by atoms with van der Waals surface area (Å²) in [5.74, 6) is -6.19. The first-order valence-corrected chi connectivity index (χ1v) is 16.4. The number of phenols is 1. The maximum atomic E-state index is 15.1. The summed E-state index contributed by atoms with van der Waals surface area (Å²) in [7, 11) is 1.40. The molecular formula is C33H25Br2ClFN3O6. The van der Waals surface area contributed by atoms with E-state index in [0.29, 0.717) is 26.3 Å². The van der Waals surface area contributed by atoms with Gasteiger partial charge in [0, 0.05) is 15.4 Å². The van der Waals surface area contributed by atoms with E-state index in [1.165, 1.54) is 31.4 Å². The van der Waals surface area contributed by atoms with Gasteiger partial charge in [0.25, 0.3) is 11.8 Å². The molecule has 3 fully saturated rings. The molecule has 2 aliphatic carbocycles. The zero-order valence-corrected chi connectivity index (χ0v) is 27.9. The minimum Gasteiger partial charge on any atom is -0.503 e. The molecule has 1 saturated carbocycles. The van der Waals surface area contributed by atoms with Gasteiger partial charge in [0.15, 0.2) is 11.5 Å². The van der Waals surface area contributed by atoms with Gasteiger partial charge in [-0.2, -0.15) is 5.01 Å². The molecule has 46 heavy (non-hydrogen) atoms. The highest BCUT2D eigenvalue weighted by Gasteiger charge is 2.70. The van der Waals surface area contributed by atoms with Gasteiger partial charge >= 0.3 is 0 Å². The van der Waals surface area contributed by atoms with Crippen LogP contribution in [0.3, 0.4) is 0 Å². The number of amides is 4. The maximum Gasteiger partial charge on any atom is 0.260 e. The molecule has 236 valence electrons. The van der Waals surface area contributed by atoms with Crippen molar-refractivity contribution in [3.63, 3.8) is 0 Å². The normalized spacial score (nSPS) is 28.3. The summed E-state index contributed by atoms with van der Waals surface area (Å²) < 4.78 is 20.0. The standard InChI is InChI=1S/C33H25Br2ClFN3O6/c1-46-23-13-21(26(34)27(35)28(23)41)25-18-10-11-19-24(30(43)38-29(19)42)20(18)12-22-31(44)40(39-17-8-6-16(37)7-9-17)32(45)33(22,25)14-2-4-15(36)5-3-14/h2-10,13,19-20,22,24-25,39,41H,11-12H2,1H3,(H,38,42,43). The van der Waals surface area contributed by atoms with Gasteiger partial charge in [-0.05, 0) is 104 Å². The molecule has 0 radical (unpaired) electrons. The molecule has 6 atom stereocenters. The third kappa shape index (κ3) is 4.36. The van der Waals surface area contributed by atoms with Gasteiger partial charge in [-0.25, -0.2) is 4.39 Å². The molecule has 4 aliphatic rings. The van der Waals surface area contributed by atoms with Gasteiger partial charge in [-0.3, -0.25) is 29.9 Å². The lowest BCUT2D eigenvalue weighted by Crippen LogP contribution is -2.53. The Bertz CT molecular complexity index is 1870. The number of hydrogen-bond donors (Lipinski definition) is 3. The van der Waals surface area contributed by atoms with Gasteiger partial charge in [-0.1, -0.05) is 35.4 Å². The minimum absolute atomic E-state index is 0.104. The van der Waals surface area contributed by atoms with Gasteiger partial charge in [0.2, 0.25) is 11.8 Å². The van der Waals surface area contributed by atoms with Crippen molar-refractivity contribution in [1.29, 1.82) is 0 Å². The molecule has 0 aromatic heterocycles. The third-order valence-electron chi connectivity index (χ3n) is 9.80. The first-order chi connectivity index (χ1) is 22.0. The fourth-order valence-corrected chi connectivity index (χ4v) is 8.97. The van der Waals surface area contributed by atoms with E-state index in [-0.39, 0.29) is 34.7 Å². The van der Waals surface area contributed by atoms with E-state index in [1.807, 2.05) is 6.08 Å². The Morgan fingerprint density at radius 3 is 2.39 bits per heavy atom. The predicted molar refractivity (Wildman–Crippen MR) is 172 cm³/mol. The van der Waals surface area contributed by atoms with E-state index in [9.17, 15) is 23.9 Å². The van der Waals surface area contributed by atoms with Crippen LogP contribution in [0.5, 0.6) is 11.5 Å². The van der Waals surface area contributed by atoms with Crippen LogP contribution in [-0.2, 0) is 24.6 Å². The number of halogens is 4. The third-order valence-corrected chi connectivity index (χ3v) is 12.2. The number of allylic oxidation sites excluding steroid dienone is 2. The minimum atomic E-state index is -1.58. The van der Waals surface area contributed by atoms with Crippen molar-refractivity contribution >= 4 is 72.8 Å². The Balaban J connectivity index is 1.52. The first-order valence-electron chi connectivity index (χ1n) is 14.4. The van der Waals surface area contributed by atoms with E-state index in [4.69, 9.17) is 16.3 Å². The van der Waals surface area contributed by atoms with E-state index in [0.717, 1.165) is 10.6 Å². The van der Waals surface area contributed by atoms with Crippen LogP contribution in [0.15, 0.2) is 75.2 Å². The highest BCUT2D eigenvalue weighted by molar-refractivity contribution is 9.13. The number of rotatable bonds is 5. The van der Waals surface area contributed by atoms with Crippen LogP contribution in [0, 0.1) is 29.5 Å². The summed E-state index contributed by atoms with van der Waals surface area (Å²) in [5.41, 5.74) is 3.40. The second kappa shape index (κ2) is 11.2. The fourth-order valence-electron chi connectivity index (χ4n) is 7.89. The average molecular weight is 774 g/mol. The molecule has 3 aromatic rings. The molecule has 2 saturated heterocycles. The Morgan fingerprint density at radius 1 is 1.02 bits per heavy atom. The van der Waals surface area contributed by atoms with E-state index in [1.54, 1.807) is 30.3 Å². The predicted octanol–water partition coefficient (Wildman–Crippen LogP) is 5.99. The molecule has 2 aliphatic heterocycles. The summed E-state index contributed by atoms with van der Waals surface area (Å²) in [5, 5.41) is 14.7. The summed E-state index contributed by atoms with van der Waals surface area (Å²) in [6.45, 7) is 0. The number of benzene rings is 3. The summed E-state index contributed by atoms with van der Waals surface area (Å²) in [4.78, 5) is 55.8. The SMILES string of the molecule is COc1cc(C2C3=CCC4C(=O)NC(=O)C4C3CC3C(=O)N(Nc4ccc(F)cc4)C(=O)C32c2ccc(Cl)cc2)c(Br)c(Br)c1O. The summed E-state index contributed by atoms with van der Waals surface area (Å²) >= 11 is 13.4. The molecular weight excluding hydrogens is 749 g/mol. The topological polar surface area (TPSA) is 125 Å². The number of methoxy groups -OCH3 is 1. The first kappa shape index (κ1) is 30.9. The summed E-state index contributed by atoms with van der Waals surface area (Å²) in [6.07, 6.45) is 2.28. The van der Waals surface area contributed by atoms with Crippen LogP contribution in [-0.4, -0.2) is 40.9 Å². The quantitative estimate of drug-likeness (QED) is 0.215. The molecule has 3 aromatic carbocycles. The smallest absolute Gasteiger partial charge is 0.260 e. The Hall–Kier alpha value is -3.74. The highest BCUT2D eigenvalue weighted by atomic mass is 79.9. The molecule has 2 heterocycles. The second-order valence-corrected chi connectivity index (χ2v) is 13.9. The zero-order chi connectivity index (χ0) is 32.7. The molecule has 4 amide bonds. The van der Waals surface area contributed by atoms with Crippen molar-refractivity contribution in [2.45, 2.75) is 24.2 Å².